The lowest BCUT2D eigenvalue weighted by molar-refractivity contribution is -0.134. The van der Waals surface area contributed by atoms with Gasteiger partial charge in [0.2, 0.25) is 5.91 Å². The molecule has 1 aliphatic heterocycles. The third-order valence-corrected chi connectivity index (χ3v) is 4.69. The summed E-state index contributed by atoms with van der Waals surface area (Å²) < 4.78 is 2.11. The van der Waals surface area contributed by atoms with Gasteiger partial charge in [-0.2, -0.15) is 5.10 Å². The number of amides is 1. The summed E-state index contributed by atoms with van der Waals surface area (Å²) in [5.41, 5.74) is 2.26. The molecule has 1 aliphatic carbocycles. The summed E-state index contributed by atoms with van der Waals surface area (Å²) in [7, 11) is 2.07. The van der Waals surface area contributed by atoms with Crippen molar-refractivity contribution in [3.63, 3.8) is 0 Å². The van der Waals surface area contributed by atoms with Crippen LogP contribution >= 0.6 is 0 Å². The van der Waals surface area contributed by atoms with Crippen LogP contribution in [0.4, 0.5) is 0 Å². The first-order valence-corrected chi connectivity index (χ1v) is 8.05. The highest BCUT2D eigenvalue weighted by atomic mass is 16.2. The molecule has 0 radical (unpaired) electrons. The molecule has 1 aromatic heterocycles. The zero-order chi connectivity index (χ0) is 15.0. The fraction of sp³-hybridized carbons (Fsp3) is 0.750. The van der Waals surface area contributed by atoms with Crippen molar-refractivity contribution in [3.8, 4) is 0 Å². The summed E-state index contributed by atoms with van der Waals surface area (Å²) in [5.74, 6) is 0.274. The van der Waals surface area contributed by atoms with E-state index in [1.807, 2.05) is 11.8 Å². The fourth-order valence-electron chi connectivity index (χ4n) is 3.35. The zero-order valence-electron chi connectivity index (χ0n) is 13.4. The molecule has 1 saturated heterocycles. The largest absolute Gasteiger partial charge is 0.339 e. The minimum atomic E-state index is 0.274. The van der Waals surface area contributed by atoms with Crippen LogP contribution in [0.25, 0.3) is 0 Å². The van der Waals surface area contributed by atoms with Gasteiger partial charge >= 0.3 is 0 Å². The lowest BCUT2D eigenvalue weighted by Gasteiger charge is -2.34. The van der Waals surface area contributed by atoms with Gasteiger partial charge in [0.25, 0.3) is 0 Å². The highest BCUT2D eigenvalue weighted by Gasteiger charge is 2.30. The van der Waals surface area contributed by atoms with Crippen molar-refractivity contribution in [3.05, 3.63) is 17.5 Å². The minimum Gasteiger partial charge on any atom is -0.339 e. The smallest absolute Gasteiger partial charge is 0.236 e. The number of aromatic nitrogens is 2. The average Bonchev–Trinajstić information content (AvgIpc) is 3.24. The molecule has 1 atom stereocenters. The number of carbonyl (C=O) groups is 1. The van der Waals surface area contributed by atoms with E-state index >= 15 is 0 Å². The quantitative estimate of drug-likeness (QED) is 0.848. The Morgan fingerprint density at radius 1 is 1.38 bits per heavy atom. The van der Waals surface area contributed by atoms with Gasteiger partial charge in [0.05, 0.1) is 18.3 Å². The number of likely N-dealkylation sites (tertiary alicyclic amines) is 1. The van der Waals surface area contributed by atoms with Gasteiger partial charge in [-0.15, -0.1) is 0 Å². The van der Waals surface area contributed by atoms with Crippen LogP contribution in [0.2, 0.25) is 0 Å². The Morgan fingerprint density at radius 3 is 2.76 bits per heavy atom. The van der Waals surface area contributed by atoms with Gasteiger partial charge in [-0.05, 0) is 52.6 Å². The Morgan fingerprint density at radius 2 is 2.14 bits per heavy atom. The highest BCUT2D eigenvalue weighted by molar-refractivity contribution is 5.78. The van der Waals surface area contributed by atoms with Crippen molar-refractivity contribution in [2.75, 3.05) is 26.7 Å². The Labute approximate surface area is 126 Å². The lowest BCUT2D eigenvalue weighted by Crippen LogP contribution is -2.45. The van der Waals surface area contributed by atoms with Crippen LogP contribution in [0.3, 0.4) is 0 Å². The Kier molecular flexibility index (Phi) is 4.02. The van der Waals surface area contributed by atoms with Gasteiger partial charge < -0.3 is 4.90 Å². The van der Waals surface area contributed by atoms with Gasteiger partial charge in [-0.1, -0.05) is 0 Å². The summed E-state index contributed by atoms with van der Waals surface area (Å²) in [5, 5.41) is 4.60. The van der Waals surface area contributed by atoms with Gasteiger partial charge in [0.1, 0.15) is 0 Å². The molecule has 1 amide bonds. The number of nitrogens with zero attached hydrogens (tertiary/aromatic N) is 4. The van der Waals surface area contributed by atoms with Gasteiger partial charge in [-0.3, -0.25) is 14.4 Å². The van der Waals surface area contributed by atoms with E-state index < -0.39 is 0 Å². The molecule has 0 bridgehead atoms. The molecule has 5 nitrogen and oxygen atoms in total. The number of aryl methyl sites for hydroxylation is 2. The molecule has 1 aromatic rings. The monoisotopic (exact) mass is 290 g/mol. The van der Waals surface area contributed by atoms with Gasteiger partial charge in [0, 0.05) is 24.8 Å². The fourth-order valence-corrected chi connectivity index (χ4v) is 3.35. The predicted molar refractivity (Wildman–Crippen MR) is 82.2 cm³/mol. The molecule has 2 fully saturated rings. The summed E-state index contributed by atoms with van der Waals surface area (Å²) in [6.07, 6.45) is 4.68. The van der Waals surface area contributed by atoms with E-state index in [0.717, 1.165) is 31.6 Å². The molecule has 5 heteroatoms. The number of carbonyl (C=O) groups excluding carboxylic acids is 1. The normalized spacial score (nSPS) is 22.9. The molecule has 116 valence electrons. The van der Waals surface area contributed by atoms with Crippen molar-refractivity contribution in [2.24, 2.45) is 0 Å². The Bertz CT molecular complexity index is 520. The Hall–Kier alpha value is -1.36. The number of piperidine rings is 1. The third-order valence-electron chi connectivity index (χ3n) is 4.69. The zero-order valence-corrected chi connectivity index (χ0v) is 13.4. The van der Waals surface area contributed by atoms with Crippen LogP contribution in [0.5, 0.6) is 0 Å². The second-order valence-corrected chi connectivity index (χ2v) is 6.65. The second kappa shape index (κ2) is 5.79. The lowest BCUT2D eigenvalue weighted by atomic mass is 10.1. The molecular formula is C16H26N4O. The number of hydrogen-bond donors (Lipinski definition) is 0. The summed E-state index contributed by atoms with van der Waals surface area (Å²) in [4.78, 5) is 16.7. The van der Waals surface area contributed by atoms with Crippen molar-refractivity contribution in [1.82, 2.24) is 19.6 Å². The predicted octanol–water partition coefficient (Wildman–Crippen LogP) is 1.76. The SMILES string of the molecule is Cc1cc(C)n(C2CCCN(C(=O)CN(C)C3CC3)C2)n1. The molecule has 2 heterocycles. The number of likely N-dealkylation sites (N-methyl/N-ethyl adjacent to an activating group) is 1. The highest BCUT2D eigenvalue weighted by Crippen LogP contribution is 2.26. The average molecular weight is 290 g/mol. The molecule has 21 heavy (non-hydrogen) atoms. The van der Waals surface area contributed by atoms with E-state index in [-0.39, 0.29) is 5.91 Å². The van der Waals surface area contributed by atoms with Crippen LogP contribution in [-0.2, 0) is 4.79 Å². The summed E-state index contributed by atoms with van der Waals surface area (Å²) in [6.45, 7) is 6.39. The van der Waals surface area contributed by atoms with Crippen LogP contribution in [-0.4, -0.2) is 58.2 Å². The van der Waals surface area contributed by atoms with Crippen LogP contribution in [0, 0.1) is 13.8 Å². The summed E-state index contributed by atoms with van der Waals surface area (Å²) in [6, 6.07) is 3.09. The van der Waals surface area contributed by atoms with Crippen LogP contribution in [0.15, 0.2) is 6.07 Å². The first-order chi connectivity index (χ1) is 10.0. The van der Waals surface area contributed by atoms with Gasteiger partial charge in [0.15, 0.2) is 0 Å². The van der Waals surface area contributed by atoms with E-state index in [9.17, 15) is 4.79 Å². The molecule has 0 N–H and O–H groups in total. The van der Waals surface area contributed by atoms with Crippen molar-refractivity contribution >= 4 is 5.91 Å². The maximum atomic E-state index is 12.5. The molecule has 1 unspecified atom stereocenters. The number of hydrogen-bond acceptors (Lipinski definition) is 3. The van der Waals surface area contributed by atoms with E-state index in [1.54, 1.807) is 0 Å². The maximum absolute atomic E-state index is 12.5. The van der Waals surface area contributed by atoms with E-state index in [0.29, 0.717) is 18.6 Å². The van der Waals surface area contributed by atoms with Crippen LogP contribution < -0.4 is 0 Å². The molecule has 2 aliphatic rings. The first-order valence-electron chi connectivity index (χ1n) is 8.05. The van der Waals surface area contributed by atoms with E-state index in [2.05, 4.69) is 34.7 Å². The second-order valence-electron chi connectivity index (χ2n) is 6.65. The molecule has 3 rings (SSSR count). The van der Waals surface area contributed by atoms with Crippen molar-refractivity contribution in [2.45, 2.75) is 51.6 Å². The third kappa shape index (κ3) is 3.28. The summed E-state index contributed by atoms with van der Waals surface area (Å²) >= 11 is 0. The topological polar surface area (TPSA) is 41.4 Å². The first kappa shape index (κ1) is 14.6. The molecule has 0 aromatic carbocycles. The van der Waals surface area contributed by atoms with Crippen molar-refractivity contribution < 1.29 is 4.79 Å². The molecule has 1 saturated carbocycles. The van der Waals surface area contributed by atoms with E-state index in [4.69, 9.17) is 0 Å². The standard InChI is InChI=1S/C16H26N4O/c1-12-9-13(2)20(17-12)15-5-4-8-19(10-15)16(21)11-18(3)14-6-7-14/h9,14-15H,4-8,10-11H2,1-3H3. The number of rotatable bonds is 4. The van der Waals surface area contributed by atoms with Crippen LogP contribution in [0.1, 0.15) is 43.1 Å². The molecule has 0 spiro atoms. The maximum Gasteiger partial charge on any atom is 0.236 e. The minimum absolute atomic E-state index is 0.274. The Balaban J connectivity index is 1.62. The van der Waals surface area contributed by atoms with E-state index in [1.165, 1.54) is 18.5 Å². The molecular weight excluding hydrogens is 264 g/mol. The van der Waals surface area contributed by atoms with Gasteiger partial charge in [-0.25, -0.2) is 0 Å². The van der Waals surface area contributed by atoms with Crippen molar-refractivity contribution in [1.29, 1.82) is 0 Å².